The van der Waals surface area contributed by atoms with Crippen molar-refractivity contribution >= 4 is 0 Å². The average molecular weight is 172 g/mol. The molecule has 3 N–H and O–H groups in total. The molecule has 2 aliphatic rings. The number of rotatable bonds is 0. The Morgan fingerprint density at radius 1 is 1.33 bits per heavy atom. The molecule has 70 valence electrons. The Hall–Kier alpha value is -0.150. The van der Waals surface area contributed by atoms with Gasteiger partial charge in [-0.25, -0.2) is 4.39 Å². The van der Waals surface area contributed by atoms with Crippen molar-refractivity contribution in [2.24, 2.45) is 11.1 Å². The van der Waals surface area contributed by atoms with Crippen LogP contribution in [0.1, 0.15) is 25.7 Å². The minimum atomic E-state index is -0.641. The first-order valence-electron chi connectivity index (χ1n) is 4.83. The van der Waals surface area contributed by atoms with Crippen molar-refractivity contribution in [3.8, 4) is 0 Å². The quantitative estimate of drug-likeness (QED) is 0.567. The number of hydrogen-bond acceptors (Lipinski definition) is 2. The van der Waals surface area contributed by atoms with Gasteiger partial charge in [0, 0.05) is 6.04 Å². The lowest BCUT2D eigenvalue weighted by Gasteiger charge is -2.37. The normalized spacial score (nSPS) is 40.5. The molecule has 0 radical (unpaired) electrons. The van der Waals surface area contributed by atoms with Gasteiger partial charge in [-0.15, -0.1) is 0 Å². The highest BCUT2D eigenvalue weighted by atomic mass is 19.1. The third-order valence-corrected chi connectivity index (χ3v) is 3.52. The van der Waals surface area contributed by atoms with Crippen molar-refractivity contribution in [1.29, 1.82) is 0 Å². The molecule has 2 atom stereocenters. The summed E-state index contributed by atoms with van der Waals surface area (Å²) in [5.74, 6) is 0. The molecule has 0 aromatic heterocycles. The van der Waals surface area contributed by atoms with Gasteiger partial charge >= 0.3 is 0 Å². The smallest absolute Gasteiger partial charge is 0.102 e. The topological polar surface area (TPSA) is 38.0 Å². The molecule has 1 spiro atoms. The molecule has 0 aromatic carbocycles. The maximum Gasteiger partial charge on any atom is 0.102 e. The SMILES string of the molecule is N[C@H]1C[C@H](F)CC12CCNCC2. The molecule has 0 bridgehead atoms. The van der Waals surface area contributed by atoms with Crippen LogP contribution in [0.4, 0.5) is 4.39 Å². The highest BCUT2D eigenvalue weighted by Gasteiger charge is 2.45. The third kappa shape index (κ3) is 1.25. The van der Waals surface area contributed by atoms with E-state index in [9.17, 15) is 4.39 Å². The van der Waals surface area contributed by atoms with Crippen LogP contribution in [0, 0.1) is 5.41 Å². The van der Waals surface area contributed by atoms with Crippen LogP contribution in [0.15, 0.2) is 0 Å². The van der Waals surface area contributed by atoms with Crippen molar-refractivity contribution in [2.75, 3.05) is 13.1 Å². The lowest BCUT2D eigenvalue weighted by atomic mass is 9.75. The van der Waals surface area contributed by atoms with Crippen molar-refractivity contribution in [3.05, 3.63) is 0 Å². The molecule has 2 rings (SSSR count). The summed E-state index contributed by atoms with van der Waals surface area (Å²) in [6, 6.07) is 0.106. The Balaban J connectivity index is 2.08. The Morgan fingerprint density at radius 2 is 2.00 bits per heavy atom. The van der Waals surface area contributed by atoms with Crippen molar-refractivity contribution in [3.63, 3.8) is 0 Å². The Bertz CT molecular complexity index is 166. The van der Waals surface area contributed by atoms with Gasteiger partial charge in [0.2, 0.25) is 0 Å². The van der Waals surface area contributed by atoms with E-state index in [4.69, 9.17) is 5.73 Å². The Morgan fingerprint density at radius 3 is 2.50 bits per heavy atom. The summed E-state index contributed by atoms with van der Waals surface area (Å²) >= 11 is 0. The zero-order valence-corrected chi connectivity index (χ0v) is 7.35. The molecule has 1 saturated heterocycles. The van der Waals surface area contributed by atoms with Crippen LogP contribution < -0.4 is 11.1 Å². The second-order valence-corrected chi connectivity index (χ2v) is 4.26. The first-order valence-corrected chi connectivity index (χ1v) is 4.83. The highest BCUT2D eigenvalue weighted by Crippen LogP contribution is 2.45. The van der Waals surface area contributed by atoms with E-state index in [0.29, 0.717) is 12.8 Å². The molecule has 0 unspecified atom stereocenters. The molecular weight excluding hydrogens is 155 g/mol. The Labute approximate surface area is 72.7 Å². The number of nitrogens with one attached hydrogen (secondary N) is 1. The molecule has 1 saturated carbocycles. The lowest BCUT2D eigenvalue weighted by Crippen LogP contribution is -2.45. The predicted molar refractivity (Wildman–Crippen MR) is 46.6 cm³/mol. The van der Waals surface area contributed by atoms with Crippen LogP contribution in [0.3, 0.4) is 0 Å². The molecule has 1 heterocycles. The molecule has 12 heavy (non-hydrogen) atoms. The molecule has 2 nitrogen and oxygen atoms in total. The van der Waals surface area contributed by atoms with Crippen LogP contribution in [0.5, 0.6) is 0 Å². The zero-order valence-electron chi connectivity index (χ0n) is 7.35. The summed E-state index contributed by atoms with van der Waals surface area (Å²) < 4.78 is 13.1. The number of alkyl halides is 1. The van der Waals surface area contributed by atoms with E-state index in [1.165, 1.54) is 0 Å². The second-order valence-electron chi connectivity index (χ2n) is 4.26. The third-order valence-electron chi connectivity index (χ3n) is 3.52. The van der Waals surface area contributed by atoms with Crippen LogP contribution >= 0.6 is 0 Å². The molecular formula is C9H17FN2. The van der Waals surface area contributed by atoms with E-state index in [-0.39, 0.29) is 11.5 Å². The van der Waals surface area contributed by atoms with E-state index in [1.807, 2.05) is 0 Å². The summed E-state index contributed by atoms with van der Waals surface area (Å²) in [6.07, 6.45) is 2.78. The summed E-state index contributed by atoms with van der Waals surface area (Å²) in [5, 5.41) is 3.29. The zero-order chi connectivity index (χ0) is 8.60. The van der Waals surface area contributed by atoms with Gasteiger partial charge in [0.1, 0.15) is 6.17 Å². The van der Waals surface area contributed by atoms with E-state index in [0.717, 1.165) is 25.9 Å². The molecule has 0 amide bonds. The number of nitrogens with two attached hydrogens (primary N) is 1. The van der Waals surface area contributed by atoms with Gasteiger partial charge < -0.3 is 11.1 Å². The summed E-state index contributed by atoms with van der Waals surface area (Å²) in [6.45, 7) is 2.03. The van der Waals surface area contributed by atoms with E-state index >= 15 is 0 Å². The van der Waals surface area contributed by atoms with Gasteiger partial charge in [-0.2, -0.15) is 0 Å². The predicted octanol–water partition coefficient (Wildman–Crippen LogP) is 0.815. The lowest BCUT2D eigenvalue weighted by molar-refractivity contribution is 0.171. The van der Waals surface area contributed by atoms with Crippen LogP contribution in [-0.4, -0.2) is 25.3 Å². The van der Waals surface area contributed by atoms with E-state index in [2.05, 4.69) is 5.32 Å². The minimum absolute atomic E-state index is 0.106. The largest absolute Gasteiger partial charge is 0.327 e. The monoisotopic (exact) mass is 172 g/mol. The molecule has 0 aromatic rings. The van der Waals surface area contributed by atoms with Crippen molar-refractivity contribution in [1.82, 2.24) is 5.32 Å². The van der Waals surface area contributed by atoms with Crippen LogP contribution in [-0.2, 0) is 0 Å². The average Bonchev–Trinajstić information content (AvgIpc) is 2.29. The van der Waals surface area contributed by atoms with Gasteiger partial charge in [-0.3, -0.25) is 0 Å². The molecule has 3 heteroatoms. The number of piperidine rings is 1. The second kappa shape index (κ2) is 2.96. The number of hydrogen-bond donors (Lipinski definition) is 2. The fraction of sp³-hybridized carbons (Fsp3) is 1.00. The van der Waals surface area contributed by atoms with Crippen LogP contribution in [0.2, 0.25) is 0 Å². The van der Waals surface area contributed by atoms with Gasteiger partial charge in [-0.05, 0) is 44.2 Å². The standard InChI is InChI=1S/C9H17FN2/c10-7-5-8(11)9(6-7)1-3-12-4-2-9/h7-8,12H,1-6,11H2/t7-,8-/m0/s1. The highest BCUT2D eigenvalue weighted by molar-refractivity contribution is 5.00. The Kier molecular flexibility index (Phi) is 2.09. The van der Waals surface area contributed by atoms with Gasteiger partial charge in [0.05, 0.1) is 0 Å². The van der Waals surface area contributed by atoms with Gasteiger partial charge in [-0.1, -0.05) is 0 Å². The van der Waals surface area contributed by atoms with Crippen molar-refractivity contribution < 1.29 is 4.39 Å². The maximum atomic E-state index is 13.1. The summed E-state index contributed by atoms with van der Waals surface area (Å²) in [4.78, 5) is 0. The van der Waals surface area contributed by atoms with Crippen LogP contribution in [0.25, 0.3) is 0 Å². The van der Waals surface area contributed by atoms with Gasteiger partial charge in [0.15, 0.2) is 0 Å². The first kappa shape index (κ1) is 8.45. The van der Waals surface area contributed by atoms with E-state index < -0.39 is 6.17 Å². The molecule has 1 aliphatic carbocycles. The maximum absolute atomic E-state index is 13.1. The van der Waals surface area contributed by atoms with E-state index in [1.54, 1.807) is 0 Å². The summed E-state index contributed by atoms with van der Waals surface area (Å²) in [5.41, 5.74) is 6.11. The number of halogens is 1. The first-order chi connectivity index (χ1) is 5.73. The summed E-state index contributed by atoms with van der Waals surface area (Å²) in [7, 11) is 0. The fourth-order valence-electron chi connectivity index (χ4n) is 2.70. The minimum Gasteiger partial charge on any atom is -0.327 e. The molecule has 1 aliphatic heterocycles. The molecule has 2 fully saturated rings. The van der Waals surface area contributed by atoms with Crippen molar-refractivity contribution in [2.45, 2.75) is 37.9 Å². The fourth-order valence-corrected chi connectivity index (χ4v) is 2.70. The van der Waals surface area contributed by atoms with Gasteiger partial charge in [0.25, 0.3) is 0 Å².